The maximum atomic E-state index is 9.80. The summed E-state index contributed by atoms with van der Waals surface area (Å²) >= 11 is 0. The van der Waals surface area contributed by atoms with Crippen LogP contribution in [0.4, 0.5) is 5.69 Å². The number of rotatable bonds is 4. The Morgan fingerprint density at radius 3 is 2.44 bits per heavy atom. The number of aromatic hydroxyl groups is 1. The second-order valence-corrected chi connectivity index (χ2v) is 5.35. The molecule has 0 unspecified atom stereocenters. The predicted octanol–water partition coefficient (Wildman–Crippen LogP) is 2.98. The molecule has 0 aliphatic carbocycles. The molecule has 3 nitrogen and oxygen atoms in total. The van der Waals surface area contributed by atoms with Crippen LogP contribution in [-0.4, -0.2) is 23.4 Å². The number of aliphatic hydroxyl groups is 1. The predicted molar refractivity (Wildman–Crippen MR) is 75.0 cm³/mol. The summed E-state index contributed by atoms with van der Waals surface area (Å²) in [7, 11) is 0. The van der Waals surface area contributed by atoms with Gasteiger partial charge in [-0.2, -0.15) is 0 Å². The van der Waals surface area contributed by atoms with Crippen LogP contribution in [0.25, 0.3) is 10.8 Å². The van der Waals surface area contributed by atoms with Crippen LogP contribution in [0.2, 0.25) is 0 Å². The Morgan fingerprint density at radius 1 is 1.06 bits per heavy atom. The maximum Gasteiger partial charge on any atom is 0.123 e. The van der Waals surface area contributed by atoms with Crippen LogP contribution in [0.5, 0.6) is 5.75 Å². The Morgan fingerprint density at radius 2 is 1.72 bits per heavy atom. The summed E-state index contributed by atoms with van der Waals surface area (Å²) in [5.74, 6) is 0.289. The van der Waals surface area contributed by atoms with E-state index in [1.807, 2.05) is 44.2 Å². The molecule has 0 radical (unpaired) electrons. The number of nitrogens with one attached hydrogen (secondary N) is 1. The molecule has 18 heavy (non-hydrogen) atoms. The number of benzene rings is 2. The van der Waals surface area contributed by atoms with Crippen LogP contribution in [0.15, 0.2) is 36.4 Å². The Labute approximate surface area is 107 Å². The van der Waals surface area contributed by atoms with Gasteiger partial charge in [0.2, 0.25) is 0 Å². The number of phenolic OH excluding ortho intramolecular Hbond substituents is 1. The summed E-state index contributed by atoms with van der Waals surface area (Å²) < 4.78 is 0. The Hall–Kier alpha value is -1.74. The van der Waals surface area contributed by atoms with Gasteiger partial charge in [0.25, 0.3) is 0 Å². The zero-order valence-corrected chi connectivity index (χ0v) is 10.8. The Balaban J connectivity index is 2.32. The number of anilines is 1. The minimum absolute atomic E-state index is 0.135. The second kappa shape index (κ2) is 4.86. The van der Waals surface area contributed by atoms with Crippen molar-refractivity contribution in [3.05, 3.63) is 36.4 Å². The quantitative estimate of drug-likeness (QED) is 0.776. The smallest absolute Gasteiger partial charge is 0.123 e. The summed E-state index contributed by atoms with van der Waals surface area (Å²) in [5, 5.41) is 24.2. The molecule has 0 aromatic heterocycles. The third-order valence-electron chi connectivity index (χ3n) is 3.08. The van der Waals surface area contributed by atoms with Crippen molar-refractivity contribution in [1.29, 1.82) is 0 Å². The topological polar surface area (TPSA) is 52.5 Å². The molecule has 0 saturated carbocycles. The van der Waals surface area contributed by atoms with E-state index >= 15 is 0 Å². The number of aliphatic hydroxyl groups excluding tert-OH is 1. The highest BCUT2D eigenvalue weighted by Crippen LogP contribution is 2.30. The SMILES string of the molecule is CC(C)(CO)CNc1cccc2c(O)cccc12. The van der Waals surface area contributed by atoms with Crippen molar-refractivity contribution in [2.24, 2.45) is 5.41 Å². The normalized spacial score (nSPS) is 11.7. The van der Waals surface area contributed by atoms with Crippen molar-refractivity contribution < 1.29 is 10.2 Å². The molecule has 0 aliphatic heterocycles. The van der Waals surface area contributed by atoms with Crippen molar-refractivity contribution in [2.45, 2.75) is 13.8 Å². The first-order valence-electron chi connectivity index (χ1n) is 6.09. The fourth-order valence-corrected chi connectivity index (χ4v) is 1.84. The molecule has 2 aromatic carbocycles. The first-order chi connectivity index (χ1) is 8.53. The summed E-state index contributed by atoms with van der Waals surface area (Å²) in [6.07, 6.45) is 0. The van der Waals surface area contributed by atoms with Gasteiger partial charge in [0, 0.05) is 35.0 Å². The van der Waals surface area contributed by atoms with Crippen molar-refractivity contribution >= 4 is 16.5 Å². The molecule has 3 N–H and O–H groups in total. The average molecular weight is 245 g/mol. The van der Waals surface area contributed by atoms with Crippen LogP contribution in [0, 0.1) is 5.41 Å². The van der Waals surface area contributed by atoms with E-state index in [1.54, 1.807) is 6.07 Å². The van der Waals surface area contributed by atoms with E-state index in [-0.39, 0.29) is 17.8 Å². The molecular weight excluding hydrogens is 226 g/mol. The number of hydrogen-bond donors (Lipinski definition) is 3. The molecule has 0 saturated heterocycles. The molecular formula is C15H19NO2. The van der Waals surface area contributed by atoms with Gasteiger partial charge in [-0.25, -0.2) is 0 Å². The lowest BCUT2D eigenvalue weighted by molar-refractivity contribution is 0.171. The minimum Gasteiger partial charge on any atom is -0.507 e. The molecule has 2 rings (SSSR count). The van der Waals surface area contributed by atoms with Gasteiger partial charge >= 0.3 is 0 Å². The monoisotopic (exact) mass is 245 g/mol. The first kappa shape index (κ1) is 12.7. The number of hydrogen-bond acceptors (Lipinski definition) is 3. The first-order valence-corrected chi connectivity index (χ1v) is 6.09. The maximum absolute atomic E-state index is 9.80. The standard InChI is InChI=1S/C15H19NO2/c1-15(2,10-17)9-16-13-7-3-6-12-11(13)5-4-8-14(12)18/h3-8,16-18H,9-10H2,1-2H3. The van der Waals surface area contributed by atoms with E-state index in [4.69, 9.17) is 0 Å². The third-order valence-corrected chi connectivity index (χ3v) is 3.08. The van der Waals surface area contributed by atoms with Crippen LogP contribution in [-0.2, 0) is 0 Å². The fourth-order valence-electron chi connectivity index (χ4n) is 1.84. The van der Waals surface area contributed by atoms with Crippen LogP contribution in [0.1, 0.15) is 13.8 Å². The van der Waals surface area contributed by atoms with E-state index in [2.05, 4.69) is 5.32 Å². The highest BCUT2D eigenvalue weighted by atomic mass is 16.3. The summed E-state index contributed by atoms with van der Waals surface area (Å²) in [4.78, 5) is 0. The van der Waals surface area contributed by atoms with Crippen LogP contribution < -0.4 is 5.32 Å². The van der Waals surface area contributed by atoms with Crippen molar-refractivity contribution in [2.75, 3.05) is 18.5 Å². The average Bonchev–Trinajstić information content (AvgIpc) is 2.37. The molecule has 0 bridgehead atoms. The van der Waals surface area contributed by atoms with Gasteiger partial charge in [0.1, 0.15) is 5.75 Å². The van der Waals surface area contributed by atoms with Gasteiger partial charge in [-0.3, -0.25) is 0 Å². The van der Waals surface area contributed by atoms with E-state index in [0.29, 0.717) is 6.54 Å². The second-order valence-electron chi connectivity index (χ2n) is 5.35. The van der Waals surface area contributed by atoms with Crippen molar-refractivity contribution in [1.82, 2.24) is 0 Å². The molecule has 0 amide bonds. The summed E-state index contributed by atoms with van der Waals surface area (Å²) in [5.41, 5.74) is 0.809. The molecule has 96 valence electrons. The van der Waals surface area contributed by atoms with E-state index < -0.39 is 0 Å². The molecule has 0 aliphatic rings. The number of phenols is 1. The summed E-state index contributed by atoms with van der Waals surface area (Å²) in [6.45, 7) is 4.82. The van der Waals surface area contributed by atoms with Gasteiger partial charge in [-0.05, 0) is 12.1 Å². The van der Waals surface area contributed by atoms with Gasteiger partial charge in [-0.15, -0.1) is 0 Å². The van der Waals surface area contributed by atoms with E-state index in [0.717, 1.165) is 16.5 Å². The molecule has 2 aromatic rings. The molecule has 0 fully saturated rings. The summed E-state index contributed by atoms with van der Waals surface area (Å²) in [6, 6.07) is 11.3. The van der Waals surface area contributed by atoms with Crippen LogP contribution >= 0.6 is 0 Å². The lowest BCUT2D eigenvalue weighted by Crippen LogP contribution is -2.26. The zero-order valence-electron chi connectivity index (χ0n) is 10.8. The van der Waals surface area contributed by atoms with Gasteiger partial charge in [0.15, 0.2) is 0 Å². The van der Waals surface area contributed by atoms with E-state index in [9.17, 15) is 10.2 Å². The highest BCUT2D eigenvalue weighted by molar-refractivity contribution is 5.97. The highest BCUT2D eigenvalue weighted by Gasteiger charge is 2.16. The van der Waals surface area contributed by atoms with Gasteiger partial charge in [0.05, 0.1) is 0 Å². The minimum atomic E-state index is -0.168. The lowest BCUT2D eigenvalue weighted by atomic mass is 9.94. The van der Waals surface area contributed by atoms with Crippen LogP contribution in [0.3, 0.4) is 0 Å². The van der Waals surface area contributed by atoms with Gasteiger partial charge in [-0.1, -0.05) is 38.1 Å². The Kier molecular flexibility index (Phi) is 3.43. The lowest BCUT2D eigenvalue weighted by Gasteiger charge is -2.23. The molecule has 0 atom stereocenters. The fraction of sp³-hybridized carbons (Fsp3) is 0.333. The molecule has 0 heterocycles. The van der Waals surface area contributed by atoms with Crippen molar-refractivity contribution in [3.8, 4) is 5.75 Å². The van der Waals surface area contributed by atoms with E-state index in [1.165, 1.54) is 0 Å². The Bertz CT molecular complexity index is 549. The molecule has 3 heteroatoms. The zero-order chi connectivity index (χ0) is 13.2. The third kappa shape index (κ3) is 2.57. The molecule has 0 spiro atoms. The largest absolute Gasteiger partial charge is 0.507 e. The van der Waals surface area contributed by atoms with Crippen molar-refractivity contribution in [3.63, 3.8) is 0 Å². The number of fused-ring (bicyclic) bond motifs is 1. The van der Waals surface area contributed by atoms with Gasteiger partial charge < -0.3 is 15.5 Å².